The quantitative estimate of drug-likeness (QED) is 0.658. The van der Waals surface area contributed by atoms with E-state index in [0.717, 1.165) is 36.8 Å². The van der Waals surface area contributed by atoms with Gasteiger partial charge < -0.3 is 15.0 Å². The lowest BCUT2D eigenvalue weighted by Gasteiger charge is -2.44. The van der Waals surface area contributed by atoms with Crippen molar-refractivity contribution in [1.82, 2.24) is 20.0 Å². The number of carbonyl (C=O) groups excluding carboxylic acids is 3. The first kappa shape index (κ1) is 24.0. The van der Waals surface area contributed by atoms with E-state index in [9.17, 15) is 14.4 Å². The van der Waals surface area contributed by atoms with Gasteiger partial charge in [-0.25, -0.2) is 4.79 Å². The molecule has 1 aromatic heterocycles. The number of nitrogens with one attached hydrogen (secondary N) is 1. The topological polar surface area (TPSA) is 93.5 Å². The van der Waals surface area contributed by atoms with E-state index >= 15 is 0 Å². The Kier molecular flexibility index (Phi) is 6.77. The fourth-order valence-corrected chi connectivity index (χ4v) is 4.93. The zero-order valence-corrected chi connectivity index (χ0v) is 20.5. The number of carbonyl (C=O) groups is 3. The van der Waals surface area contributed by atoms with Crippen LogP contribution in [0.4, 0.5) is 0 Å². The second-order valence-electron chi connectivity index (χ2n) is 9.88. The van der Waals surface area contributed by atoms with Gasteiger partial charge >= 0.3 is 5.97 Å². The zero-order valence-electron chi connectivity index (χ0n) is 20.5. The molecule has 0 radical (unpaired) electrons. The van der Waals surface area contributed by atoms with Gasteiger partial charge in [0.25, 0.3) is 5.91 Å². The highest BCUT2D eigenvalue weighted by atomic mass is 16.5. The van der Waals surface area contributed by atoms with Crippen LogP contribution >= 0.6 is 0 Å². The van der Waals surface area contributed by atoms with Crippen LogP contribution in [-0.4, -0.2) is 50.7 Å². The Morgan fingerprint density at radius 3 is 2.62 bits per heavy atom. The summed E-state index contributed by atoms with van der Waals surface area (Å²) in [6.45, 7) is 8.41. The molecule has 182 valence electrons. The number of hydrogen-bond donors (Lipinski definition) is 1. The van der Waals surface area contributed by atoms with Crippen molar-refractivity contribution in [3.63, 3.8) is 0 Å². The van der Waals surface area contributed by atoms with Crippen molar-refractivity contribution < 1.29 is 19.1 Å². The van der Waals surface area contributed by atoms with E-state index < -0.39 is 11.5 Å². The van der Waals surface area contributed by atoms with Crippen molar-refractivity contribution in [3.8, 4) is 0 Å². The predicted octanol–water partition coefficient (Wildman–Crippen LogP) is 3.48. The first-order chi connectivity index (χ1) is 16.2. The summed E-state index contributed by atoms with van der Waals surface area (Å²) in [5, 5.41) is 7.54. The Labute approximate surface area is 200 Å². The summed E-state index contributed by atoms with van der Waals surface area (Å²) >= 11 is 0. The number of aryl methyl sites for hydroxylation is 1. The highest BCUT2D eigenvalue weighted by molar-refractivity contribution is 6.01. The highest BCUT2D eigenvalue weighted by Gasteiger charge is 2.48. The molecule has 4 rings (SSSR count). The first-order valence-corrected chi connectivity index (χ1v) is 12.1. The summed E-state index contributed by atoms with van der Waals surface area (Å²) in [6.07, 6.45) is 4.04. The molecule has 1 fully saturated rings. The number of amides is 2. The van der Waals surface area contributed by atoms with Gasteiger partial charge in [0.05, 0.1) is 13.2 Å². The molecule has 0 spiro atoms. The molecule has 0 saturated heterocycles. The van der Waals surface area contributed by atoms with Gasteiger partial charge in [-0.15, -0.1) is 0 Å². The van der Waals surface area contributed by atoms with E-state index in [4.69, 9.17) is 4.74 Å². The van der Waals surface area contributed by atoms with Crippen LogP contribution in [0.3, 0.4) is 0 Å². The van der Waals surface area contributed by atoms with Gasteiger partial charge in [0.2, 0.25) is 5.91 Å². The van der Waals surface area contributed by atoms with Crippen LogP contribution in [0.5, 0.6) is 0 Å². The van der Waals surface area contributed by atoms with Crippen LogP contribution in [0, 0.1) is 12.8 Å². The minimum atomic E-state index is -1.16. The SMILES string of the molecule is CCOC(=O)c1cc2n(n1)C[C@@](C)(C(=O)NC1CCC(C)CC1)N(Cc1cccc(C)c1)C2=O. The molecule has 2 heterocycles. The summed E-state index contributed by atoms with van der Waals surface area (Å²) in [6, 6.07) is 9.48. The van der Waals surface area contributed by atoms with Gasteiger partial charge in [-0.2, -0.15) is 5.10 Å². The molecule has 2 aromatic rings. The molecular formula is C26H34N4O4. The molecule has 1 aromatic carbocycles. The van der Waals surface area contributed by atoms with E-state index in [0.29, 0.717) is 5.92 Å². The largest absolute Gasteiger partial charge is 0.461 e. The maximum absolute atomic E-state index is 13.7. The molecule has 0 bridgehead atoms. The molecule has 1 saturated carbocycles. The van der Waals surface area contributed by atoms with Gasteiger partial charge in [-0.1, -0.05) is 36.8 Å². The summed E-state index contributed by atoms with van der Waals surface area (Å²) in [5.74, 6) is -0.423. The smallest absolute Gasteiger partial charge is 0.358 e. The lowest BCUT2D eigenvalue weighted by molar-refractivity contribution is -0.134. The first-order valence-electron chi connectivity index (χ1n) is 12.1. The Balaban J connectivity index is 1.67. The number of nitrogens with zero attached hydrogens (tertiary/aromatic N) is 3. The summed E-state index contributed by atoms with van der Waals surface area (Å²) in [5.41, 5.74) is 1.23. The molecule has 1 aliphatic heterocycles. The lowest BCUT2D eigenvalue weighted by atomic mass is 9.86. The van der Waals surface area contributed by atoms with Crippen LogP contribution in [0.15, 0.2) is 30.3 Å². The van der Waals surface area contributed by atoms with Crippen LogP contribution < -0.4 is 5.32 Å². The molecule has 1 atom stereocenters. The lowest BCUT2D eigenvalue weighted by Crippen LogP contribution is -2.64. The van der Waals surface area contributed by atoms with Gasteiger partial charge in [0.1, 0.15) is 11.2 Å². The number of esters is 1. The number of benzene rings is 1. The molecule has 1 N–H and O–H groups in total. The average molecular weight is 467 g/mol. The number of fused-ring (bicyclic) bond motifs is 1. The molecule has 8 nitrogen and oxygen atoms in total. The number of hydrogen-bond acceptors (Lipinski definition) is 5. The van der Waals surface area contributed by atoms with Crippen molar-refractivity contribution in [3.05, 3.63) is 52.8 Å². The molecule has 8 heteroatoms. The summed E-state index contributed by atoms with van der Waals surface area (Å²) < 4.78 is 6.54. The van der Waals surface area contributed by atoms with E-state index in [-0.39, 0.29) is 48.9 Å². The van der Waals surface area contributed by atoms with Gasteiger partial charge in [0.15, 0.2) is 5.69 Å². The third-order valence-electron chi connectivity index (χ3n) is 7.05. The van der Waals surface area contributed by atoms with Crippen LogP contribution in [0.25, 0.3) is 0 Å². The standard InChI is InChI=1S/C26H34N4O4/c1-5-34-24(32)21-14-22-23(31)29(15-19-8-6-7-18(3)13-19)26(4,16-30(22)28-21)25(33)27-20-11-9-17(2)10-12-20/h6-8,13-14,17,20H,5,9-12,15-16H2,1-4H3,(H,27,33)/t17?,20?,26-/m0/s1. The van der Waals surface area contributed by atoms with Gasteiger partial charge in [-0.3, -0.25) is 14.3 Å². The van der Waals surface area contributed by atoms with Crippen LogP contribution in [0.1, 0.15) is 78.6 Å². The van der Waals surface area contributed by atoms with Crippen molar-refractivity contribution in [2.75, 3.05) is 6.61 Å². The maximum atomic E-state index is 13.7. The highest BCUT2D eigenvalue weighted by Crippen LogP contribution is 2.31. The zero-order chi connectivity index (χ0) is 24.5. The number of rotatable bonds is 6. The molecule has 0 unspecified atom stereocenters. The minimum Gasteiger partial charge on any atom is -0.461 e. The Bertz CT molecular complexity index is 1090. The second kappa shape index (κ2) is 9.60. The van der Waals surface area contributed by atoms with E-state index in [2.05, 4.69) is 17.3 Å². The summed E-state index contributed by atoms with van der Waals surface area (Å²) in [7, 11) is 0. The molecule has 2 aliphatic rings. The number of ether oxygens (including phenoxy) is 1. The van der Waals surface area contributed by atoms with Crippen molar-refractivity contribution in [1.29, 1.82) is 0 Å². The van der Waals surface area contributed by atoms with Crippen LogP contribution in [-0.2, 0) is 22.6 Å². The third-order valence-corrected chi connectivity index (χ3v) is 7.05. The van der Waals surface area contributed by atoms with E-state index in [1.54, 1.807) is 18.7 Å². The molecular weight excluding hydrogens is 432 g/mol. The van der Waals surface area contributed by atoms with Crippen molar-refractivity contribution in [2.24, 2.45) is 5.92 Å². The molecule has 1 aliphatic carbocycles. The van der Waals surface area contributed by atoms with Gasteiger partial charge in [-0.05, 0) is 57.9 Å². The fourth-order valence-electron chi connectivity index (χ4n) is 4.93. The van der Waals surface area contributed by atoms with Gasteiger partial charge in [0, 0.05) is 18.7 Å². The fraction of sp³-hybridized carbons (Fsp3) is 0.538. The van der Waals surface area contributed by atoms with E-state index in [1.165, 1.54) is 10.7 Å². The number of aromatic nitrogens is 2. The Morgan fingerprint density at radius 1 is 1.21 bits per heavy atom. The Morgan fingerprint density at radius 2 is 1.94 bits per heavy atom. The van der Waals surface area contributed by atoms with E-state index in [1.807, 2.05) is 31.2 Å². The summed E-state index contributed by atoms with van der Waals surface area (Å²) in [4.78, 5) is 41.3. The van der Waals surface area contributed by atoms with Crippen molar-refractivity contribution >= 4 is 17.8 Å². The molecule has 34 heavy (non-hydrogen) atoms. The minimum absolute atomic E-state index is 0.0756. The maximum Gasteiger partial charge on any atom is 0.358 e. The van der Waals surface area contributed by atoms with Crippen LogP contribution in [0.2, 0.25) is 0 Å². The Hall–Kier alpha value is -3.16. The normalized spacial score (nSPS) is 24.5. The average Bonchev–Trinajstić information content (AvgIpc) is 3.22. The second-order valence-corrected chi connectivity index (χ2v) is 9.88. The predicted molar refractivity (Wildman–Crippen MR) is 127 cm³/mol. The molecule has 2 amide bonds. The van der Waals surface area contributed by atoms with Crippen molar-refractivity contribution in [2.45, 2.75) is 78.0 Å². The monoisotopic (exact) mass is 466 g/mol. The third kappa shape index (κ3) is 4.72.